The number of nitrogens with zero attached hydrogens (tertiary/aromatic N) is 1. The van der Waals surface area contributed by atoms with Crippen molar-refractivity contribution in [2.75, 3.05) is 0 Å². The van der Waals surface area contributed by atoms with E-state index in [0.29, 0.717) is 12.0 Å². The van der Waals surface area contributed by atoms with E-state index < -0.39 is 58.7 Å². The lowest BCUT2D eigenvalue weighted by atomic mass is 9.92. The number of esters is 1. The van der Waals surface area contributed by atoms with Crippen LogP contribution in [0.2, 0.25) is 0 Å². The Morgan fingerprint density at radius 2 is 1.28 bits per heavy atom. The van der Waals surface area contributed by atoms with Crippen molar-refractivity contribution < 1.29 is 28.7 Å². The zero-order valence-corrected chi connectivity index (χ0v) is 27.3. The molecule has 0 aromatic heterocycles. The first-order chi connectivity index (χ1) is 19.8. The Morgan fingerprint density at radius 1 is 0.767 bits per heavy atom. The molecule has 0 aliphatic rings. The second-order valence-electron chi connectivity index (χ2n) is 13.3. The summed E-state index contributed by atoms with van der Waals surface area (Å²) in [6, 6.07) is 15.1. The van der Waals surface area contributed by atoms with Crippen molar-refractivity contribution in [1.82, 2.24) is 15.5 Å². The molecule has 2 rings (SSSR count). The monoisotopic (exact) mass is 595 g/mol. The van der Waals surface area contributed by atoms with E-state index >= 15 is 0 Å². The number of hydrogen-bond acceptors (Lipinski definition) is 6. The SMILES string of the molecule is CCC(C)(C)N(C(=O)C(C)NC(=O)OC(C)(C)C)C(C(=O)NC(Cc1ccccc1)C(=O)OC(C)(C)C)c1ccccc1. The fourth-order valence-corrected chi connectivity index (χ4v) is 4.42. The average Bonchev–Trinajstić information content (AvgIpc) is 2.89. The van der Waals surface area contributed by atoms with Gasteiger partial charge < -0.3 is 25.0 Å². The summed E-state index contributed by atoms with van der Waals surface area (Å²) in [7, 11) is 0. The quantitative estimate of drug-likeness (QED) is 0.321. The third-order valence-electron chi connectivity index (χ3n) is 6.77. The van der Waals surface area contributed by atoms with Gasteiger partial charge in [-0.25, -0.2) is 9.59 Å². The number of nitrogens with one attached hydrogen (secondary N) is 2. The normalized spacial score (nSPS) is 14.1. The smallest absolute Gasteiger partial charge is 0.408 e. The molecule has 9 nitrogen and oxygen atoms in total. The molecule has 0 aliphatic heterocycles. The van der Waals surface area contributed by atoms with Crippen molar-refractivity contribution in [3.63, 3.8) is 0 Å². The van der Waals surface area contributed by atoms with Crippen LogP contribution < -0.4 is 10.6 Å². The van der Waals surface area contributed by atoms with Gasteiger partial charge in [-0.1, -0.05) is 67.6 Å². The molecule has 3 unspecified atom stereocenters. The highest BCUT2D eigenvalue weighted by molar-refractivity contribution is 5.94. The van der Waals surface area contributed by atoms with Crippen LogP contribution in [0.4, 0.5) is 4.79 Å². The molecular formula is C34H49N3O6. The predicted molar refractivity (Wildman–Crippen MR) is 167 cm³/mol. The number of ether oxygens (including phenoxy) is 2. The van der Waals surface area contributed by atoms with Gasteiger partial charge in [0.15, 0.2) is 0 Å². The number of amides is 3. The molecule has 0 saturated heterocycles. The molecular weight excluding hydrogens is 546 g/mol. The summed E-state index contributed by atoms with van der Waals surface area (Å²) in [5.41, 5.74) is -0.949. The van der Waals surface area contributed by atoms with Crippen LogP contribution in [0.5, 0.6) is 0 Å². The fraction of sp³-hybridized carbons (Fsp3) is 0.529. The van der Waals surface area contributed by atoms with Gasteiger partial charge >= 0.3 is 12.1 Å². The van der Waals surface area contributed by atoms with Crippen LogP contribution >= 0.6 is 0 Å². The van der Waals surface area contributed by atoms with Gasteiger partial charge in [-0.15, -0.1) is 0 Å². The summed E-state index contributed by atoms with van der Waals surface area (Å²) in [6.45, 7) is 17.7. The van der Waals surface area contributed by atoms with Crippen molar-refractivity contribution >= 4 is 23.9 Å². The maximum Gasteiger partial charge on any atom is 0.408 e. The molecule has 236 valence electrons. The summed E-state index contributed by atoms with van der Waals surface area (Å²) < 4.78 is 11.0. The average molecular weight is 596 g/mol. The second-order valence-corrected chi connectivity index (χ2v) is 13.3. The van der Waals surface area contributed by atoms with Gasteiger partial charge in [0.25, 0.3) is 0 Å². The Labute approximate surface area is 256 Å². The Morgan fingerprint density at radius 3 is 1.77 bits per heavy atom. The Bertz CT molecular complexity index is 1230. The summed E-state index contributed by atoms with van der Waals surface area (Å²) in [6.07, 6.45) is -0.0326. The molecule has 0 aliphatic carbocycles. The first-order valence-electron chi connectivity index (χ1n) is 14.8. The molecule has 3 atom stereocenters. The van der Waals surface area contributed by atoms with E-state index in [1.54, 1.807) is 72.7 Å². The van der Waals surface area contributed by atoms with E-state index in [0.717, 1.165) is 5.56 Å². The summed E-state index contributed by atoms with van der Waals surface area (Å²) in [4.78, 5) is 55.9. The molecule has 43 heavy (non-hydrogen) atoms. The minimum Gasteiger partial charge on any atom is -0.458 e. The molecule has 0 spiro atoms. The zero-order chi connectivity index (χ0) is 32.6. The number of alkyl carbamates (subject to hydrolysis) is 1. The highest BCUT2D eigenvalue weighted by Crippen LogP contribution is 2.32. The topological polar surface area (TPSA) is 114 Å². The van der Waals surface area contributed by atoms with Crippen LogP contribution in [0.15, 0.2) is 60.7 Å². The van der Waals surface area contributed by atoms with Gasteiger partial charge in [0.1, 0.15) is 29.3 Å². The largest absolute Gasteiger partial charge is 0.458 e. The van der Waals surface area contributed by atoms with Crippen molar-refractivity contribution in [2.45, 2.75) is 117 Å². The van der Waals surface area contributed by atoms with Crippen LogP contribution in [0.3, 0.4) is 0 Å². The van der Waals surface area contributed by atoms with Gasteiger partial charge in [-0.2, -0.15) is 0 Å². The third kappa shape index (κ3) is 11.0. The summed E-state index contributed by atoms with van der Waals surface area (Å²) in [5, 5.41) is 5.53. The van der Waals surface area contributed by atoms with Gasteiger partial charge in [-0.05, 0) is 79.9 Å². The lowest BCUT2D eigenvalue weighted by Crippen LogP contribution is -2.59. The zero-order valence-electron chi connectivity index (χ0n) is 27.3. The number of rotatable bonds is 11. The molecule has 9 heteroatoms. The molecule has 0 radical (unpaired) electrons. The predicted octanol–water partition coefficient (Wildman–Crippen LogP) is 5.73. The summed E-state index contributed by atoms with van der Waals surface area (Å²) in [5.74, 6) is -1.60. The summed E-state index contributed by atoms with van der Waals surface area (Å²) >= 11 is 0. The maximum absolute atomic E-state index is 14.3. The van der Waals surface area contributed by atoms with Crippen LogP contribution in [0, 0.1) is 0 Å². The number of hydrogen-bond donors (Lipinski definition) is 2. The van der Waals surface area contributed by atoms with Gasteiger partial charge in [-0.3, -0.25) is 9.59 Å². The van der Waals surface area contributed by atoms with Gasteiger partial charge in [0.05, 0.1) is 0 Å². The third-order valence-corrected chi connectivity index (χ3v) is 6.77. The molecule has 0 saturated carbocycles. The Balaban J connectivity index is 2.55. The Hall–Kier alpha value is -3.88. The van der Waals surface area contributed by atoms with Crippen LogP contribution in [0.25, 0.3) is 0 Å². The first-order valence-corrected chi connectivity index (χ1v) is 14.8. The number of carbonyl (C=O) groups is 4. The minimum atomic E-state index is -1.12. The molecule has 0 bridgehead atoms. The molecule has 0 fully saturated rings. The molecule has 3 amide bonds. The lowest BCUT2D eigenvalue weighted by molar-refractivity contribution is -0.159. The van der Waals surface area contributed by atoms with Crippen molar-refractivity contribution in [2.24, 2.45) is 0 Å². The fourth-order valence-electron chi connectivity index (χ4n) is 4.42. The highest BCUT2D eigenvalue weighted by Gasteiger charge is 2.43. The van der Waals surface area contributed by atoms with E-state index in [4.69, 9.17) is 9.47 Å². The first kappa shape index (κ1) is 35.3. The minimum absolute atomic E-state index is 0.199. The van der Waals surface area contributed by atoms with Gasteiger partial charge in [0.2, 0.25) is 11.8 Å². The standard InChI is InChI=1S/C34H49N3O6/c1-11-34(9,10)37(29(39)23(2)35-31(41)43-33(6,7)8)27(25-20-16-13-17-21-25)28(38)36-26(30(40)42-32(3,4)5)22-24-18-14-12-15-19-24/h12-21,23,26-27H,11,22H2,1-10H3,(H,35,41)(H,36,38). The van der Waals surface area contributed by atoms with Crippen LogP contribution in [-0.4, -0.2) is 57.6 Å². The van der Waals surface area contributed by atoms with E-state index in [1.807, 2.05) is 57.2 Å². The van der Waals surface area contributed by atoms with Crippen LogP contribution in [0.1, 0.15) is 92.8 Å². The van der Waals surface area contributed by atoms with E-state index in [9.17, 15) is 19.2 Å². The van der Waals surface area contributed by atoms with Crippen LogP contribution in [-0.2, 0) is 30.3 Å². The van der Waals surface area contributed by atoms with Gasteiger partial charge in [0, 0.05) is 12.0 Å². The second kappa shape index (κ2) is 14.5. The number of carbonyl (C=O) groups excluding carboxylic acids is 4. The van der Waals surface area contributed by atoms with E-state index in [-0.39, 0.29) is 6.42 Å². The molecule has 2 N–H and O–H groups in total. The maximum atomic E-state index is 14.3. The van der Waals surface area contributed by atoms with Crippen molar-refractivity contribution in [3.8, 4) is 0 Å². The molecule has 2 aromatic rings. The van der Waals surface area contributed by atoms with E-state index in [1.165, 1.54) is 4.90 Å². The molecule has 2 aromatic carbocycles. The lowest BCUT2D eigenvalue weighted by Gasteiger charge is -2.44. The number of benzene rings is 2. The highest BCUT2D eigenvalue weighted by atomic mass is 16.6. The Kier molecular flexibility index (Phi) is 11.9. The van der Waals surface area contributed by atoms with Crippen molar-refractivity contribution in [1.29, 1.82) is 0 Å². The van der Waals surface area contributed by atoms with E-state index in [2.05, 4.69) is 10.6 Å². The molecule has 0 heterocycles. The van der Waals surface area contributed by atoms with Crippen molar-refractivity contribution in [3.05, 3.63) is 71.8 Å².